The Hall–Kier alpha value is -4.58. The van der Waals surface area contributed by atoms with Gasteiger partial charge in [0, 0.05) is 29.0 Å². The zero-order valence-electron chi connectivity index (χ0n) is 28.5. The molecule has 3 aromatic carbocycles. The van der Waals surface area contributed by atoms with Crippen molar-refractivity contribution in [3.63, 3.8) is 0 Å². The van der Waals surface area contributed by atoms with Crippen LogP contribution in [-0.2, 0) is 48.9 Å². The normalized spacial score (nSPS) is 19.4. The molecule has 11 heteroatoms. The molecule has 1 amide bonds. The first-order chi connectivity index (χ1) is 24.4. The van der Waals surface area contributed by atoms with Gasteiger partial charge in [0.25, 0.3) is 0 Å². The molecule has 51 heavy (non-hydrogen) atoms. The maximum Gasteiger partial charge on any atom is 0.585 e. The van der Waals surface area contributed by atoms with E-state index < -0.39 is 35.0 Å². The summed E-state index contributed by atoms with van der Waals surface area (Å²) in [4.78, 5) is 13.7. The van der Waals surface area contributed by atoms with Crippen molar-refractivity contribution in [3.8, 4) is 0 Å². The number of nitrogens with one attached hydrogen (secondary N) is 1. The lowest BCUT2D eigenvalue weighted by atomic mass is 9.82. The predicted octanol–water partition coefficient (Wildman–Crippen LogP) is 7.96. The number of benzene rings is 3. The second-order valence-corrected chi connectivity index (χ2v) is 14.3. The molecule has 1 unspecified atom stereocenters. The molecule has 0 radical (unpaired) electrons. The lowest BCUT2D eigenvalue weighted by molar-refractivity contribution is -0.336. The smallest absolute Gasteiger partial charge is 0.400 e. The molecule has 0 bridgehead atoms. The minimum absolute atomic E-state index is 0.0102. The molecule has 268 valence electrons. The zero-order valence-corrected chi connectivity index (χ0v) is 28.5. The second-order valence-electron chi connectivity index (χ2n) is 14.3. The van der Waals surface area contributed by atoms with Crippen molar-refractivity contribution in [1.29, 1.82) is 0 Å². The molecule has 3 aliphatic rings. The Morgan fingerprint density at radius 2 is 1.67 bits per heavy atom. The number of carbonyl (C=O) groups excluding carboxylic acids is 1. The molecule has 0 spiro atoms. The fraction of sp³-hybridized carbons (Fsp3) is 0.375. The summed E-state index contributed by atoms with van der Waals surface area (Å²) < 4.78 is 66.3. The summed E-state index contributed by atoms with van der Waals surface area (Å²) in [5.74, 6) is -1.45. The SMILES string of the molecule is CC(C)(COCc1ccccc1)c1cc2cc(NC(=O)C3(C4C=CC5=C(C4)OC(F)(F)O5)CC3)c(F)cc2n1C[C@@H](O)COCc1ccccc1. The Morgan fingerprint density at radius 3 is 2.33 bits per heavy atom. The topological polar surface area (TPSA) is 91.2 Å². The molecule has 1 fully saturated rings. The van der Waals surface area contributed by atoms with Crippen molar-refractivity contribution >= 4 is 22.5 Å². The van der Waals surface area contributed by atoms with Crippen molar-refractivity contribution in [2.75, 3.05) is 18.5 Å². The van der Waals surface area contributed by atoms with E-state index in [9.17, 15) is 18.7 Å². The molecule has 7 rings (SSSR count). The largest absolute Gasteiger partial charge is 0.585 e. The van der Waals surface area contributed by atoms with Crippen LogP contribution in [0.25, 0.3) is 10.9 Å². The number of aromatic nitrogens is 1. The summed E-state index contributed by atoms with van der Waals surface area (Å²) in [5, 5.41) is 14.6. The number of fused-ring (bicyclic) bond motifs is 1. The van der Waals surface area contributed by atoms with Gasteiger partial charge in [-0.3, -0.25) is 4.79 Å². The molecule has 2 heterocycles. The molecular formula is C40H41F3N2O6. The maximum absolute atomic E-state index is 15.9. The maximum atomic E-state index is 15.9. The minimum Gasteiger partial charge on any atom is -0.400 e. The Bertz CT molecular complexity index is 1950. The number of hydrogen-bond acceptors (Lipinski definition) is 6. The van der Waals surface area contributed by atoms with Gasteiger partial charge in [0.15, 0.2) is 5.76 Å². The number of nitrogens with zero attached hydrogens (tertiary/aromatic N) is 1. The number of aliphatic hydroxyl groups is 1. The van der Waals surface area contributed by atoms with E-state index >= 15 is 4.39 Å². The Kier molecular flexibility index (Phi) is 9.47. The first kappa shape index (κ1) is 34.9. The summed E-state index contributed by atoms with van der Waals surface area (Å²) in [6.45, 7) is 5.39. The number of carbonyl (C=O) groups is 1. The first-order valence-corrected chi connectivity index (χ1v) is 17.2. The van der Waals surface area contributed by atoms with E-state index in [0.717, 1.165) is 16.8 Å². The lowest BCUT2D eigenvalue weighted by Crippen LogP contribution is -2.32. The molecular weight excluding hydrogens is 661 g/mol. The number of amides is 1. The number of alkyl halides is 2. The molecule has 1 aliphatic heterocycles. The summed E-state index contributed by atoms with van der Waals surface area (Å²) in [6.07, 6.45) is -0.375. The number of ether oxygens (including phenoxy) is 4. The highest BCUT2D eigenvalue weighted by atomic mass is 19.3. The third-order valence-corrected chi connectivity index (χ3v) is 9.90. The molecule has 2 atom stereocenters. The van der Waals surface area contributed by atoms with Gasteiger partial charge in [-0.1, -0.05) is 80.6 Å². The van der Waals surface area contributed by atoms with Gasteiger partial charge < -0.3 is 33.9 Å². The molecule has 0 saturated heterocycles. The van der Waals surface area contributed by atoms with Gasteiger partial charge >= 0.3 is 6.29 Å². The fourth-order valence-corrected chi connectivity index (χ4v) is 7.03. The van der Waals surface area contributed by atoms with E-state index in [1.807, 2.05) is 85.1 Å². The van der Waals surface area contributed by atoms with E-state index in [1.165, 1.54) is 12.1 Å². The Morgan fingerprint density at radius 1 is 1.00 bits per heavy atom. The number of aliphatic hydroxyl groups excluding tert-OH is 1. The van der Waals surface area contributed by atoms with Gasteiger partial charge in [-0.05, 0) is 48.1 Å². The summed E-state index contributed by atoms with van der Waals surface area (Å²) in [6, 6.07) is 24.4. The molecule has 2 aliphatic carbocycles. The van der Waals surface area contributed by atoms with Crippen molar-refractivity contribution in [2.45, 2.75) is 70.7 Å². The van der Waals surface area contributed by atoms with Crippen LogP contribution in [-0.4, -0.2) is 41.2 Å². The van der Waals surface area contributed by atoms with E-state index in [0.29, 0.717) is 43.6 Å². The molecule has 4 aromatic rings. The standard InChI is InChI=1S/C40H41F3N2O6/c1-38(2,25-49-23-27-11-7-4-8-12-27)36-18-28-17-32(31(41)20-33(28)45(36)21-30(46)24-48-22-26-9-5-3-6-10-26)44-37(47)39(15-16-39)29-13-14-34-35(19-29)51-40(42,43)50-34/h3-14,17-18,20,29-30,46H,15-16,19,21-25H2,1-2H3,(H,44,47)/t29?,30-/m1/s1. The van der Waals surface area contributed by atoms with Crippen molar-refractivity contribution in [3.05, 3.63) is 125 Å². The van der Waals surface area contributed by atoms with Gasteiger partial charge in [0.1, 0.15) is 11.6 Å². The summed E-state index contributed by atoms with van der Waals surface area (Å²) >= 11 is 0. The average molecular weight is 703 g/mol. The molecule has 8 nitrogen and oxygen atoms in total. The third-order valence-electron chi connectivity index (χ3n) is 9.90. The predicted molar refractivity (Wildman–Crippen MR) is 185 cm³/mol. The van der Waals surface area contributed by atoms with Crippen LogP contribution < -0.4 is 5.32 Å². The summed E-state index contributed by atoms with van der Waals surface area (Å²) in [7, 11) is 0. The number of anilines is 1. The van der Waals surface area contributed by atoms with Crippen LogP contribution in [0.5, 0.6) is 0 Å². The Balaban J connectivity index is 1.11. The zero-order chi connectivity index (χ0) is 35.8. The van der Waals surface area contributed by atoms with Gasteiger partial charge in [0.2, 0.25) is 5.91 Å². The van der Waals surface area contributed by atoms with Crippen LogP contribution >= 0.6 is 0 Å². The van der Waals surface area contributed by atoms with Crippen molar-refractivity contribution in [2.24, 2.45) is 11.3 Å². The number of hydrogen-bond donors (Lipinski definition) is 2. The highest BCUT2D eigenvalue weighted by Crippen LogP contribution is 2.57. The van der Waals surface area contributed by atoms with Crippen LogP contribution in [0.2, 0.25) is 0 Å². The third kappa shape index (κ3) is 7.56. The average Bonchev–Trinajstić information content (AvgIpc) is 3.75. The highest BCUT2D eigenvalue weighted by molar-refractivity contribution is 5.99. The fourth-order valence-electron chi connectivity index (χ4n) is 7.03. The van der Waals surface area contributed by atoms with Crippen LogP contribution in [0, 0.1) is 17.2 Å². The number of halogens is 3. The van der Waals surface area contributed by atoms with Crippen LogP contribution in [0.3, 0.4) is 0 Å². The van der Waals surface area contributed by atoms with E-state index in [2.05, 4.69) is 14.8 Å². The molecule has 1 saturated carbocycles. The van der Waals surface area contributed by atoms with E-state index in [4.69, 9.17) is 9.47 Å². The van der Waals surface area contributed by atoms with Crippen LogP contribution in [0.4, 0.5) is 18.9 Å². The Labute approximate surface area is 294 Å². The highest BCUT2D eigenvalue weighted by Gasteiger charge is 2.57. The number of rotatable bonds is 14. The summed E-state index contributed by atoms with van der Waals surface area (Å²) in [5.41, 5.74) is 1.98. The second kappa shape index (κ2) is 13.9. The van der Waals surface area contributed by atoms with Crippen molar-refractivity contribution in [1.82, 2.24) is 4.57 Å². The van der Waals surface area contributed by atoms with Gasteiger partial charge in [-0.15, -0.1) is 8.78 Å². The van der Waals surface area contributed by atoms with Gasteiger partial charge in [-0.2, -0.15) is 0 Å². The van der Waals surface area contributed by atoms with Crippen molar-refractivity contribution < 1.29 is 42.0 Å². The van der Waals surface area contributed by atoms with Crippen LogP contribution in [0.15, 0.2) is 103 Å². The van der Waals surface area contributed by atoms with Crippen LogP contribution in [0.1, 0.15) is 49.9 Å². The molecule has 1 aromatic heterocycles. The lowest BCUT2D eigenvalue weighted by Gasteiger charge is -2.28. The molecule has 2 N–H and O–H groups in total. The monoisotopic (exact) mass is 702 g/mol. The minimum atomic E-state index is -3.73. The van der Waals surface area contributed by atoms with E-state index in [1.54, 1.807) is 12.1 Å². The first-order valence-electron chi connectivity index (χ1n) is 17.2. The number of allylic oxidation sites excluding steroid dienone is 3. The van der Waals surface area contributed by atoms with Gasteiger partial charge in [0.05, 0.1) is 55.7 Å². The van der Waals surface area contributed by atoms with Gasteiger partial charge in [-0.25, -0.2) is 4.39 Å². The quantitative estimate of drug-likeness (QED) is 0.139. The van der Waals surface area contributed by atoms with E-state index in [-0.39, 0.29) is 42.7 Å².